The molecule has 0 heterocycles. The molecule has 0 saturated carbocycles. The van der Waals surface area contributed by atoms with Crippen LogP contribution in [-0.2, 0) is 4.74 Å². The van der Waals surface area contributed by atoms with Gasteiger partial charge < -0.3 is 10.5 Å². The second kappa shape index (κ2) is 11.5. The summed E-state index contributed by atoms with van der Waals surface area (Å²) in [6.45, 7) is 3.65. The molecule has 0 bridgehead atoms. The number of unbranched alkanes of at least 4 members (excludes halogenated alkanes) is 5. The first-order chi connectivity index (χ1) is 7.31. The summed E-state index contributed by atoms with van der Waals surface area (Å²) >= 11 is 0. The van der Waals surface area contributed by atoms with Crippen LogP contribution in [0.3, 0.4) is 0 Å². The monoisotopic (exact) mass is 212 g/mol. The largest absolute Gasteiger partial charge is 0.381 e. The molecule has 0 aromatic rings. The van der Waals surface area contributed by atoms with Crippen molar-refractivity contribution in [3.63, 3.8) is 0 Å². The SMILES string of the molecule is CCCCCCCCOCCC(N)C#N. The maximum atomic E-state index is 8.43. The van der Waals surface area contributed by atoms with Crippen LogP contribution in [0.25, 0.3) is 0 Å². The zero-order valence-corrected chi connectivity index (χ0v) is 9.87. The first-order valence-corrected chi connectivity index (χ1v) is 6.04. The molecule has 0 amide bonds. The predicted molar refractivity (Wildman–Crippen MR) is 62.4 cm³/mol. The Morgan fingerprint density at radius 2 is 1.80 bits per heavy atom. The van der Waals surface area contributed by atoms with Gasteiger partial charge in [0.15, 0.2) is 0 Å². The molecule has 3 nitrogen and oxygen atoms in total. The highest BCUT2D eigenvalue weighted by Crippen LogP contribution is 2.04. The van der Waals surface area contributed by atoms with Crippen LogP contribution in [0.2, 0.25) is 0 Å². The number of nitrogens with two attached hydrogens (primary N) is 1. The topological polar surface area (TPSA) is 59.0 Å². The van der Waals surface area contributed by atoms with Gasteiger partial charge in [-0.1, -0.05) is 39.0 Å². The molecule has 2 N–H and O–H groups in total. The molecular formula is C12H24N2O. The van der Waals surface area contributed by atoms with Crippen molar-refractivity contribution in [2.45, 2.75) is 57.9 Å². The second-order valence-electron chi connectivity index (χ2n) is 3.90. The Labute approximate surface area is 93.6 Å². The smallest absolute Gasteiger partial charge is 0.0950 e. The van der Waals surface area contributed by atoms with Gasteiger partial charge in [-0.15, -0.1) is 0 Å². The van der Waals surface area contributed by atoms with E-state index in [1.807, 2.05) is 6.07 Å². The number of nitrogens with zero attached hydrogens (tertiary/aromatic N) is 1. The average molecular weight is 212 g/mol. The summed E-state index contributed by atoms with van der Waals surface area (Å²) in [5, 5.41) is 8.43. The van der Waals surface area contributed by atoms with Crippen molar-refractivity contribution in [3.8, 4) is 6.07 Å². The van der Waals surface area contributed by atoms with E-state index in [1.165, 1.54) is 32.1 Å². The van der Waals surface area contributed by atoms with Crippen LogP contribution < -0.4 is 5.73 Å². The van der Waals surface area contributed by atoms with Gasteiger partial charge in [0.2, 0.25) is 0 Å². The maximum absolute atomic E-state index is 8.43. The van der Waals surface area contributed by atoms with Crippen LogP contribution in [-0.4, -0.2) is 19.3 Å². The normalized spacial score (nSPS) is 12.3. The minimum absolute atomic E-state index is 0.366. The summed E-state index contributed by atoms with van der Waals surface area (Å²) in [6.07, 6.45) is 8.33. The molecule has 0 spiro atoms. The number of hydrogen-bond acceptors (Lipinski definition) is 3. The molecule has 0 radical (unpaired) electrons. The lowest BCUT2D eigenvalue weighted by atomic mass is 10.1. The highest BCUT2D eigenvalue weighted by Gasteiger charge is 1.98. The standard InChI is InChI=1S/C12H24N2O/c1-2-3-4-5-6-7-9-15-10-8-12(14)11-13/h12H,2-10,14H2,1H3. The Kier molecular flexibility index (Phi) is 11.0. The summed E-state index contributed by atoms with van der Waals surface area (Å²) in [5.41, 5.74) is 5.43. The molecule has 0 aromatic heterocycles. The Hall–Kier alpha value is -0.590. The number of hydrogen-bond donors (Lipinski definition) is 1. The molecule has 0 rings (SSSR count). The maximum Gasteiger partial charge on any atom is 0.0950 e. The third-order valence-electron chi connectivity index (χ3n) is 2.38. The van der Waals surface area contributed by atoms with Crippen molar-refractivity contribution < 1.29 is 4.74 Å². The molecule has 1 unspecified atom stereocenters. The van der Waals surface area contributed by atoms with E-state index in [9.17, 15) is 0 Å². The molecule has 0 aliphatic carbocycles. The quantitative estimate of drug-likeness (QED) is 0.566. The van der Waals surface area contributed by atoms with Crippen molar-refractivity contribution >= 4 is 0 Å². The van der Waals surface area contributed by atoms with Crippen molar-refractivity contribution in [1.82, 2.24) is 0 Å². The molecule has 88 valence electrons. The Balaban J connectivity index is 2.96. The van der Waals surface area contributed by atoms with Crippen LogP contribution in [0.4, 0.5) is 0 Å². The van der Waals surface area contributed by atoms with Crippen molar-refractivity contribution in [2.75, 3.05) is 13.2 Å². The van der Waals surface area contributed by atoms with E-state index in [-0.39, 0.29) is 6.04 Å². The number of rotatable bonds is 10. The Morgan fingerprint density at radius 3 is 2.47 bits per heavy atom. The minimum Gasteiger partial charge on any atom is -0.381 e. The number of nitriles is 1. The van der Waals surface area contributed by atoms with Crippen molar-refractivity contribution in [3.05, 3.63) is 0 Å². The average Bonchev–Trinajstić information content (AvgIpc) is 2.26. The van der Waals surface area contributed by atoms with Gasteiger partial charge in [0.1, 0.15) is 0 Å². The fourth-order valence-corrected chi connectivity index (χ4v) is 1.36. The number of ether oxygens (including phenoxy) is 1. The first kappa shape index (κ1) is 14.4. The van der Waals surface area contributed by atoms with E-state index in [0.717, 1.165) is 13.0 Å². The Morgan fingerprint density at radius 1 is 1.13 bits per heavy atom. The zero-order chi connectivity index (χ0) is 11.4. The van der Waals surface area contributed by atoms with Gasteiger partial charge in [-0.2, -0.15) is 5.26 Å². The minimum atomic E-state index is -0.366. The summed E-state index contributed by atoms with van der Waals surface area (Å²) in [6, 6.07) is 1.62. The van der Waals surface area contributed by atoms with Crippen LogP contribution in [0.5, 0.6) is 0 Å². The van der Waals surface area contributed by atoms with Gasteiger partial charge in [-0.3, -0.25) is 0 Å². The summed E-state index contributed by atoms with van der Waals surface area (Å²) in [5.74, 6) is 0. The molecule has 0 aromatic carbocycles. The van der Waals surface area contributed by atoms with Crippen LogP contribution in [0, 0.1) is 11.3 Å². The molecule has 0 aliphatic rings. The van der Waals surface area contributed by atoms with Gasteiger partial charge in [0.25, 0.3) is 0 Å². The fourth-order valence-electron chi connectivity index (χ4n) is 1.36. The van der Waals surface area contributed by atoms with Crippen LogP contribution in [0.1, 0.15) is 51.9 Å². The fraction of sp³-hybridized carbons (Fsp3) is 0.917. The molecule has 15 heavy (non-hydrogen) atoms. The Bertz CT molecular complexity index is 165. The summed E-state index contributed by atoms with van der Waals surface area (Å²) in [4.78, 5) is 0. The van der Waals surface area contributed by atoms with Crippen molar-refractivity contribution in [1.29, 1.82) is 5.26 Å². The highest BCUT2D eigenvalue weighted by molar-refractivity contribution is 4.85. The summed E-state index contributed by atoms with van der Waals surface area (Å²) in [7, 11) is 0. The van der Waals surface area contributed by atoms with Gasteiger partial charge in [0.05, 0.1) is 12.1 Å². The summed E-state index contributed by atoms with van der Waals surface area (Å²) < 4.78 is 5.38. The third-order valence-corrected chi connectivity index (χ3v) is 2.38. The van der Waals surface area contributed by atoms with E-state index < -0.39 is 0 Å². The molecule has 0 aliphatic heterocycles. The highest BCUT2D eigenvalue weighted by atomic mass is 16.5. The molecule has 0 saturated heterocycles. The molecule has 1 atom stereocenters. The van der Waals surface area contributed by atoms with Crippen LogP contribution in [0.15, 0.2) is 0 Å². The van der Waals surface area contributed by atoms with Gasteiger partial charge >= 0.3 is 0 Å². The third kappa shape index (κ3) is 11.3. The second-order valence-corrected chi connectivity index (χ2v) is 3.90. The lowest BCUT2D eigenvalue weighted by Gasteiger charge is -2.05. The van der Waals surface area contributed by atoms with Gasteiger partial charge in [-0.25, -0.2) is 0 Å². The van der Waals surface area contributed by atoms with Crippen LogP contribution >= 0.6 is 0 Å². The van der Waals surface area contributed by atoms with Gasteiger partial charge in [-0.05, 0) is 12.8 Å². The first-order valence-electron chi connectivity index (χ1n) is 6.04. The van der Waals surface area contributed by atoms with E-state index >= 15 is 0 Å². The van der Waals surface area contributed by atoms with E-state index in [0.29, 0.717) is 13.0 Å². The lowest BCUT2D eigenvalue weighted by molar-refractivity contribution is 0.126. The molecule has 3 heteroatoms. The molecule has 0 fully saturated rings. The lowest BCUT2D eigenvalue weighted by Crippen LogP contribution is -2.19. The van der Waals surface area contributed by atoms with E-state index in [1.54, 1.807) is 0 Å². The van der Waals surface area contributed by atoms with Gasteiger partial charge in [0, 0.05) is 13.2 Å². The van der Waals surface area contributed by atoms with Crippen molar-refractivity contribution in [2.24, 2.45) is 5.73 Å². The van der Waals surface area contributed by atoms with E-state index in [4.69, 9.17) is 15.7 Å². The zero-order valence-electron chi connectivity index (χ0n) is 9.87. The predicted octanol–water partition coefficient (Wildman–Crippen LogP) is 2.60. The van der Waals surface area contributed by atoms with E-state index in [2.05, 4.69) is 6.92 Å². The molecular weight excluding hydrogens is 188 g/mol.